The second-order valence-corrected chi connectivity index (χ2v) is 6.73. The maximum atomic E-state index is 12.5. The van der Waals surface area contributed by atoms with Gasteiger partial charge in [0.1, 0.15) is 6.54 Å². The van der Waals surface area contributed by atoms with E-state index in [0.717, 1.165) is 12.8 Å². The summed E-state index contributed by atoms with van der Waals surface area (Å²) in [4.78, 5) is 30.1. The van der Waals surface area contributed by atoms with Gasteiger partial charge in [-0.05, 0) is 26.7 Å². The first-order valence-corrected chi connectivity index (χ1v) is 7.92. The van der Waals surface area contributed by atoms with Crippen LogP contribution in [0.15, 0.2) is 11.6 Å². The molecule has 5 nitrogen and oxygen atoms in total. The predicted octanol–water partition coefficient (Wildman–Crippen LogP) is 2.34. The zero-order valence-electron chi connectivity index (χ0n) is 11.6. The van der Waals surface area contributed by atoms with Gasteiger partial charge in [-0.1, -0.05) is 0 Å². The highest BCUT2D eigenvalue weighted by molar-refractivity contribution is 7.13. The van der Waals surface area contributed by atoms with Gasteiger partial charge in [-0.2, -0.15) is 0 Å². The van der Waals surface area contributed by atoms with Crippen LogP contribution >= 0.6 is 22.9 Å². The van der Waals surface area contributed by atoms with E-state index in [1.807, 2.05) is 0 Å². The van der Waals surface area contributed by atoms with Gasteiger partial charge in [-0.15, -0.1) is 22.9 Å². The highest BCUT2D eigenvalue weighted by Crippen LogP contribution is 2.31. The summed E-state index contributed by atoms with van der Waals surface area (Å²) >= 11 is 7.21. The minimum atomic E-state index is -0.647. The third-order valence-corrected chi connectivity index (χ3v) is 4.51. The van der Waals surface area contributed by atoms with Crippen molar-refractivity contribution < 1.29 is 9.59 Å². The summed E-state index contributed by atoms with van der Waals surface area (Å²) in [7, 11) is 0. The lowest BCUT2D eigenvalue weighted by Gasteiger charge is -2.30. The minimum Gasteiger partial charge on any atom is -0.330 e. The summed E-state index contributed by atoms with van der Waals surface area (Å²) in [5.41, 5.74) is -0.647. The van der Waals surface area contributed by atoms with Crippen molar-refractivity contribution in [2.75, 3.05) is 17.7 Å². The van der Waals surface area contributed by atoms with Gasteiger partial charge in [-0.25, -0.2) is 4.98 Å². The number of anilines is 1. The third-order valence-electron chi connectivity index (χ3n) is 3.15. The minimum absolute atomic E-state index is 0.0589. The van der Waals surface area contributed by atoms with Crippen molar-refractivity contribution in [1.29, 1.82) is 0 Å². The molecule has 1 aliphatic rings. The van der Waals surface area contributed by atoms with Crippen molar-refractivity contribution in [3.05, 3.63) is 11.6 Å². The van der Waals surface area contributed by atoms with E-state index >= 15 is 0 Å². The van der Waals surface area contributed by atoms with Crippen molar-refractivity contribution >= 4 is 39.9 Å². The number of rotatable bonds is 6. The van der Waals surface area contributed by atoms with E-state index in [4.69, 9.17) is 11.6 Å². The van der Waals surface area contributed by atoms with E-state index in [1.54, 1.807) is 30.3 Å². The lowest BCUT2D eigenvalue weighted by molar-refractivity contribution is -0.142. The molecule has 0 radical (unpaired) electrons. The monoisotopic (exact) mass is 315 g/mol. The van der Waals surface area contributed by atoms with Gasteiger partial charge < -0.3 is 10.2 Å². The van der Waals surface area contributed by atoms with Gasteiger partial charge in [0, 0.05) is 23.5 Å². The van der Waals surface area contributed by atoms with Crippen LogP contribution in [0.25, 0.3) is 0 Å². The Morgan fingerprint density at radius 2 is 2.25 bits per heavy atom. The summed E-state index contributed by atoms with van der Waals surface area (Å²) in [6, 6.07) is 0.173. The Morgan fingerprint density at radius 1 is 1.55 bits per heavy atom. The molecule has 2 rings (SSSR count). The first-order chi connectivity index (χ1) is 9.44. The Bertz CT molecular complexity index is 486. The first-order valence-electron chi connectivity index (χ1n) is 6.50. The van der Waals surface area contributed by atoms with Crippen LogP contribution in [-0.2, 0) is 9.59 Å². The van der Waals surface area contributed by atoms with E-state index in [-0.39, 0.29) is 30.3 Å². The number of amides is 2. The highest BCUT2D eigenvalue weighted by Gasteiger charge is 2.40. The number of thiazole rings is 1. The average molecular weight is 316 g/mol. The van der Waals surface area contributed by atoms with Gasteiger partial charge in [0.25, 0.3) is 0 Å². The fraction of sp³-hybridized carbons (Fsp3) is 0.615. The van der Waals surface area contributed by atoms with Gasteiger partial charge in [0.05, 0.1) is 5.41 Å². The molecule has 0 saturated heterocycles. The number of hydrogen-bond acceptors (Lipinski definition) is 4. The Morgan fingerprint density at radius 3 is 2.75 bits per heavy atom. The molecule has 0 unspecified atom stereocenters. The lowest BCUT2D eigenvalue weighted by Crippen LogP contribution is -2.46. The van der Waals surface area contributed by atoms with Crippen LogP contribution in [0.5, 0.6) is 0 Å². The maximum absolute atomic E-state index is 12.5. The molecule has 1 fully saturated rings. The maximum Gasteiger partial charge on any atom is 0.245 e. The summed E-state index contributed by atoms with van der Waals surface area (Å²) < 4.78 is 0. The number of carbonyl (C=O) groups excluding carboxylic acids is 2. The summed E-state index contributed by atoms with van der Waals surface area (Å²) in [5.74, 6) is -0.0433. The van der Waals surface area contributed by atoms with Gasteiger partial charge in [0.2, 0.25) is 11.8 Å². The molecule has 1 aromatic rings. The molecule has 7 heteroatoms. The summed E-state index contributed by atoms with van der Waals surface area (Å²) in [6.45, 7) is 3.66. The number of halogens is 1. The molecule has 0 atom stereocenters. The summed E-state index contributed by atoms with van der Waals surface area (Å²) in [5, 5.41) is 5.04. The molecule has 1 saturated carbocycles. The molecule has 20 heavy (non-hydrogen) atoms. The van der Waals surface area contributed by atoms with E-state index in [2.05, 4.69) is 10.3 Å². The van der Waals surface area contributed by atoms with E-state index < -0.39 is 5.41 Å². The molecule has 1 aliphatic carbocycles. The van der Waals surface area contributed by atoms with E-state index in [1.165, 1.54) is 11.3 Å². The number of alkyl halides is 1. The molecule has 0 aliphatic heterocycles. The second-order valence-electron chi connectivity index (χ2n) is 5.57. The Kier molecular flexibility index (Phi) is 4.65. The molecular weight excluding hydrogens is 298 g/mol. The van der Waals surface area contributed by atoms with E-state index in [9.17, 15) is 9.59 Å². The zero-order chi connectivity index (χ0) is 14.8. The largest absolute Gasteiger partial charge is 0.330 e. The number of nitrogens with one attached hydrogen (secondary N) is 1. The normalized spacial score (nSPS) is 14.9. The fourth-order valence-electron chi connectivity index (χ4n) is 1.80. The molecule has 110 valence electrons. The highest BCUT2D eigenvalue weighted by atomic mass is 35.5. The molecule has 1 N–H and O–H groups in total. The number of aromatic nitrogens is 1. The second kappa shape index (κ2) is 6.10. The molecule has 1 heterocycles. The van der Waals surface area contributed by atoms with Crippen LogP contribution in [-0.4, -0.2) is 40.2 Å². The van der Waals surface area contributed by atoms with Crippen molar-refractivity contribution in [2.24, 2.45) is 5.41 Å². The molecular formula is C13H18ClN3O2S. The van der Waals surface area contributed by atoms with Crippen LogP contribution < -0.4 is 5.32 Å². The molecule has 1 aromatic heterocycles. The fourth-order valence-corrected chi connectivity index (χ4v) is 2.46. The van der Waals surface area contributed by atoms with Crippen LogP contribution in [0, 0.1) is 5.41 Å². The van der Waals surface area contributed by atoms with Crippen LogP contribution in [0.4, 0.5) is 5.13 Å². The molecule has 0 aromatic carbocycles. The number of nitrogens with zero attached hydrogens (tertiary/aromatic N) is 2. The van der Waals surface area contributed by atoms with Gasteiger partial charge in [0.15, 0.2) is 5.13 Å². The smallest absolute Gasteiger partial charge is 0.245 e. The van der Waals surface area contributed by atoms with Crippen LogP contribution in [0.3, 0.4) is 0 Å². The van der Waals surface area contributed by atoms with Gasteiger partial charge in [-0.3, -0.25) is 9.59 Å². The van der Waals surface area contributed by atoms with Crippen molar-refractivity contribution in [3.8, 4) is 0 Å². The lowest BCUT2D eigenvalue weighted by atomic mass is 9.94. The Balaban J connectivity index is 1.99. The predicted molar refractivity (Wildman–Crippen MR) is 80.0 cm³/mol. The van der Waals surface area contributed by atoms with Crippen molar-refractivity contribution in [2.45, 2.75) is 32.7 Å². The van der Waals surface area contributed by atoms with E-state index in [0.29, 0.717) is 5.13 Å². The van der Waals surface area contributed by atoms with Crippen molar-refractivity contribution in [3.63, 3.8) is 0 Å². The SMILES string of the molecule is CC(C)(CCl)C(=O)N(CC(=O)Nc1nccs1)C1CC1. The average Bonchev–Trinajstić information content (AvgIpc) is 3.13. The van der Waals surface area contributed by atoms with Crippen molar-refractivity contribution in [1.82, 2.24) is 9.88 Å². The van der Waals surface area contributed by atoms with Crippen LogP contribution in [0.2, 0.25) is 0 Å². The third kappa shape index (κ3) is 3.70. The summed E-state index contributed by atoms with van der Waals surface area (Å²) in [6.07, 6.45) is 3.53. The quantitative estimate of drug-likeness (QED) is 0.820. The Labute approximate surface area is 127 Å². The molecule has 2 amide bonds. The number of hydrogen-bond donors (Lipinski definition) is 1. The van der Waals surface area contributed by atoms with Gasteiger partial charge >= 0.3 is 0 Å². The topological polar surface area (TPSA) is 62.3 Å². The standard InChI is InChI=1S/C13H18ClN3O2S/c1-13(2,8-14)11(19)17(9-3-4-9)7-10(18)16-12-15-5-6-20-12/h5-6,9H,3-4,7-8H2,1-2H3,(H,15,16,18). The molecule has 0 bridgehead atoms. The first kappa shape index (κ1) is 15.3. The Hall–Kier alpha value is -1.14. The zero-order valence-corrected chi connectivity index (χ0v) is 13.1. The van der Waals surface area contributed by atoms with Crippen LogP contribution in [0.1, 0.15) is 26.7 Å². The molecule has 0 spiro atoms. The number of carbonyl (C=O) groups is 2.